The second-order valence-corrected chi connectivity index (χ2v) is 14.9. The maximum atomic E-state index is 5.16. The molecular weight excluding hydrogens is 691 g/mol. The van der Waals surface area contributed by atoms with E-state index in [1.807, 2.05) is 24.3 Å². The zero-order chi connectivity index (χ0) is 37.7. The summed E-state index contributed by atoms with van der Waals surface area (Å²) in [6.07, 6.45) is 9.08. The first-order chi connectivity index (χ1) is 28.2. The van der Waals surface area contributed by atoms with Crippen LogP contribution < -0.4 is 4.90 Å². The first-order valence-electron chi connectivity index (χ1n) is 19.7. The summed E-state index contributed by atoms with van der Waals surface area (Å²) in [6, 6.07) is 67.7. The van der Waals surface area contributed by atoms with Crippen LogP contribution in [0.2, 0.25) is 0 Å². The van der Waals surface area contributed by atoms with E-state index in [2.05, 4.69) is 193 Å². The lowest BCUT2D eigenvalue weighted by molar-refractivity contribution is 0.745. The number of nitrogens with zero attached hydrogens (tertiary/aromatic N) is 3. The van der Waals surface area contributed by atoms with Gasteiger partial charge in [0, 0.05) is 34.0 Å². The van der Waals surface area contributed by atoms with Crippen LogP contribution in [0, 0.1) is 0 Å². The molecule has 0 bridgehead atoms. The number of hydrogen-bond acceptors (Lipinski definition) is 3. The molecule has 1 aromatic heterocycles. The molecule has 0 fully saturated rings. The van der Waals surface area contributed by atoms with Crippen LogP contribution in [0.25, 0.3) is 77.7 Å². The zero-order valence-electron chi connectivity index (χ0n) is 31.2. The smallest absolute Gasteiger partial charge is 0.160 e. The average Bonchev–Trinajstić information content (AvgIpc) is 3.62. The van der Waals surface area contributed by atoms with Gasteiger partial charge in [-0.15, -0.1) is 0 Å². The van der Waals surface area contributed by atoms with Gasteiger partial charge in [0.25, 0.3) is 0 Å². The second-order valence-electron chi connectivity index (χ2n) is 14.9. The van der Waals surface area contributed by atoms with Gasteiger partial charge in [0.05, 0.1) is 17.4 Å². The number of allylic oxidation sites excluding steroid dienone is 2. The Kier molecular flexibility index (Phi) is 7.96. The number of hydrogen-bond donors (Lipinski definition) is 0. The molecule has 3 heteroatoms. The van der Waals surface area contributed by atoms with Gasteiger partial charge in [-0.25, -0.2) is 9.97 Å². The van der Waals surface area contributed by atoms with Crippen molar-refractivity contribution in [1.82, 2.24) is 9.97 Å². The Morgan fingerprint density at radius 1 is 0.404 bits per heavy atom. The summed E-state index contributed by atoms with van der Waals surface area (Å²) in [6.45, 7) is 0. The summed E-state index contributed by atoms with van der Waals surface area (Å²) in [5.74, 6) is 1.04. The van der Waals surface area contributed by atoms with E-state index < -0.39 is 0 Å². The lowest BCUT2D eigenvalue weighted by Gasteiger charge is -2.29. The van der Waals surface area contributed by atoms with Crippen molar-refractivity contribution < 1.29 is 0 Å². The molecule has 3 nitrogen and oxygen atoms in total. The highest BCUT2D eigenvalue weighted by Crippen LogP contribution is 2.49. The van der Waals surface area contributed by atoms with Gasteiger partial charge in [-0.1, -0.05) is 188 Å². The highest BCUT2D eigenvalue weighted by Gasteiger charge is 2.37. The Hall–Kier alpha value is -7.36. The normalized spacial score (nSPS) is 15.5. The van der Waals surface area contributed by atoms with Gasteiger partial charge in [-0.2, -0.15) is 0 Å². The molecule has 1 aliphatic carbocycles. The highest BCUT2D eigenvalue weighted by molar-refractivity contribution is 6.05. The molecule has 2 heterocycles. The quantitative estimate of drug-likeness (QED) is 0.171. The molecule has 1 aliphatic heterocycles. The van der Waals surface area contributed by atoms with Gasteiger partial charge >= 0.3 is 0 Å². The SMILES string of the molecule is C1=CC2c3ccc(-c4ccc(-c5ccc(-c6cc(-c7ccccc7)nc(-c7ccccc7)n6)c6ccccc56)cc4)cc3N(c3ccc4ccccc4c3)C2C=C1. The van der Waals surface area contributed by atoms with Crippen LogP contribution >= 0.6 is 0 Å². The predicted molar refractivity (Wildman–Crippen MR) is 238 cm³/mol. The molecule has 0 spiro atoms. The third-order valence-electron chi connectivity index (χ3n) is 11.6. The lowest BCUT2D eigenvalue weighted by Crippen LogP contribution is -2.28. The molecule has 0 saturated carbocycles. The Bertz CT molecular complexity index is 2960. The molecule has 0 amide bonds. The van der Waals surface area contributed by atoms with Crippen LogP contribution in [0.1, 0.15) is 11.5 Å². The van der Waals surface area contributed by atoms with Gasteiger partial charge in [-0.05, 0) is 73.6 Å². The van der Waals surface area contributed by atoms with E-state index in [9.17, 15) is 0 Å². The van der Waals surface area contributed by atoms with E-state index in [1.54, 1.807) is 0 Å². The van der Waals surface area contributed by atoms with Crippen molar-refractivity contribution in [3.63, 3.8) is 0 Å². The largest absolute Gasteiger partial charge is 0.333 e. The maximum absolute atomic E-state index is 5.16. The molecule has 2 aliphatic rings. The minimum Gasteiger partial charge on any atom is -0.333 e. The van der Waals surface area contributed by atoms with E-state index in [-0.39, 0.29) is 6.04 Å². The zero-order valence-corrected chi connectivity index (χ0v) is 31.2. The van der Waals surface area contributed by atoms with Crippen molar-refractivity contribution in [3.05, 3.63) is 218 Å². The molecular formula is C54H37N3. The number of benzene rings is 8. The van der Waals surface area contributed by atoms with Crippen molar-refractivity contribution in [2.75, 3.05) is 4.90 Å². The summed E-state index contributed by atoms with van der Waals surface area (Å²) in [7, 11) is 0. The van der Waals surface area contributed by atoms with Gasteiger partial charge in [0.15, 0.2) is 5.82 Å². The summed E-state index contributed by atoms with van der Waals surface area (Å²) in [4.78, 5) is 12.7. The summed E-state index contributed by atoms with van der Waals surface area (Å²) < 4.78 is 0. The van der Waals surface area contributed by atoms with Crippen molar-refractivity contribution in [2.24, 2.45) is 0 Å². The van der Waals surface area contributed by atoms with Crippen LogP contribution in [0.15, 0.2) is 212 Å². The molecule has 0 saturated heterocycles. The predicted octanol–water partition coefficient (Wildman–Crippen LogP) is 13.8. The average molecular weight is 728 g/mol. The monoisotopic (exact) mass is 727 g/mol. The van der Waals surface area contributed by atoms with Gasteiger partial charge in [-0.3, -0.25) is 0 Å². The summed E-state index contributed by atoms with van der Waals surface area (Å²) >= 11 is 0. The van der Waals surface area contributed by atoms with Gasteiger partial charge < -0.3 is 4.90 Å². The fourth-order valence-electron chi connectivity index (χ4n) is 8.82. The summed E-state index contributed by atoms with van der Waals surface area (Å²) in [5.41, 5.74) is 13.6. The van der Waals surface area contributed by atoms with E-state index in [0.29, 0.717) is 11.7 Å². The highest BCUT2D eigenvalue weighted by atomic mass is 15.2. The van der Waals surface area contributed by atoms with Crippen LogP contribution in [0.5, 0.6) is 0 Å². The van der Waals surface area contributed by atoms with Crippen molar-refractivity contribution in [3.8, 4) is 56.2 Å². The number of fused-ring (bicyclic) bond motifs is 5. The first-order valence-corrected chi connectivity index (χ1v) is 19.7. The van der Waals surface area contributed by atoms with Crippen molar-refractivity contribution in [1.29, 1.82) is 0 Å². The minimum atomic E-state index is 0.247. The first kappa shape index (κ1) is 33.0. The lowest BCUT2D eigenvalue weighted by atomic mass is 9.90. The standard InChI is InChI=1S/C54H37N3/c1-3-14-39(15-4-1)50-35-51(56-54(55-50)40-16-5-2-6-17-40)47-32-31-44(45-19-9-10-20-46(45)47)38-25-23-37(24-26-38)42-28-30-49-48-21-11-12-22-52(48)57(53(49)34-42)43-29-27-36-13-7-8-18-41(36)33-43/h1-35,48,52H. The van der Waals surface area contributed by atoms with Crippen LogP contribution in [0.4, 0.5) is 11.4 Å². The van der Waals surface area contributed by atoms with Crippen LogP contribution in [-0.2, 0) is 0 Å². The van der Waals surface area contributed by atoms with E-state index in [1.165, 1.54) is 55.4 Å². The molecule has 268 valence electrons. The Morgan fingerprint density at radius 2 is 1.04 bits per heavy atom. The fourth-order valence-corrected chi connectivity index (χ4v) is 8.82. The van der Waals surface area contributed by atoms with E-state index >= 15 is 0 Å². The molecule has 2 unspecified atom stereocenters. The number of rotatable bonds is 6. The molecule has 0 N–H and O–H groups in total. The molecule has 0 radical (unpaired) electrons. The van der Waals surface area contributed by atoms with E-state index in [4.69, 9.17) is 9.97 Å². The molecule has 2 atom stereocenters. The summed E-state index contributed by atoms with van der Waals surface area (Å²) in [5, 5.41) is 4.87. The van der Waals surface area contributed by atoms with Crippen LogP contribution in [-0.4, -0.2) is 16.0 Å². The van der Waals surface area contributed by atoms with Gasteiger partial charge in [0.2, 0.25) is 0 Å². The van der Waals surface area contributed by atoms with Gasteiger partial charge in [0.1, 0.15) is 0 Å². The van der Waals surface area contributed by atoms with Crippen molar-refractivity contribution in [2.45, 2.75) is 12.0 Å². The third-order valence-corrected chi connectivity index (χ3v) is 11.6. The maximum Gasteiger partial charge on any atom is 0.160 e. The van der Waals surface area contributed by atoms with Crippen molar-refractivity contribution >= 4 is 32.9 Å². The molecule has 9 aromatic rings. The third kappa shape index (κ3) is 5.84. The second kappa shape index (κ2) is 13.7. The minimum absolute atomic E-state index is 0.247. The Labute approximate surface area is 332 Å². The van der Waals surface area contributed by atoms with E-state index in [0.717, 1.165) is 33.5 Å². The fraction of sp³-hybridized carbons (Fsp3) is 0.0370. The molecule has 11 rings (SSSR count). The molecule has 57 heavy (non-hydrogen) atoms. The number of aromatic nitrogens is 2. The Balaban J connectivity index is 0.965. The number of anilines is 2. The topological polar surface area (TPSA) is 29.0 Å². The Morgan fingerprint density at radius 3 is 1.84 bits per heavy atom. The molecule has 8 aromatic carbocycles. The van der Waals surface area contributed by atoms with Crippen LogP contribution in [0.3, 0.4) is 0 Å².